The van der Waals surface area contributed by atoms with E-state index < -0.39 is 5.41 Å². The van der Waals surface area contributed by atoms with Crippen molar-refractivity contribution >= 4 is 10.8 Å². The molecule has 2 nitrogen and oxygen atoms in total. The average Bonchev–Trinajstić information content (AvgIpc) is 3.72. The first kappa shape index (κ1) is 38.2. The molecule has 0 spiro atoms. The first-order chi connectivity index (χ1) is 32.2. The topological polar surface area (TPSA) is 25.8 Å². The van der Waals surface area contributed by atoms with Crippen LogP contribution < -0.4 is 0 Å². The molecule has 0 saturated heterocycles. The number of hydrogen-bond acceptors (Lipinski definition) is 2. The number of fused-ring (bicyclic) bond motifs is 5. The van der Waals surface area contributed by atoms with E-state index in [0.717, 1.165) is 33.6 Å². The van der Waals surface area contributed by atoms with Gasteiger partial charge < -0.3 is 0 Å². The molecule has 0 aliphatic heterocycles. The molecular weight excluding hydrogens is 785 g/mol. The second-order valence-electron chi connectivity index (χ2n) is 16.8. The van der Waals surface area contributed by atoms with E-state index >= 15 is 0 Å². The van der Waals surface area contributed by atoms with E-state index in [2.05, 4.69) is 255 Å². The Kier molecular flexibility index (Phi) is 9.43. The Bertz CT molecular complexity index is 3330. The Labute approximate surface area is 379 Å². The smallest absolute Gasteiger partial charge is 0.160 e. The Morgan fingerprint density at radius 3 is 1.26 bits per heavy atom. The normalized spacial score (nSPS) is 12.4. The minimum Gasteiger partial charge on any atom is -0.228 e. The van der Waals surface area contributed by atoms with Gasteiger partial charge in [-0.15, -0.1) is 0 Å². The molecule has 1 aliphatic rings. The summed E-state index contributed by atoms with van der Waals surface area (Å²) in [6.07, 6.45) is 0. The predicted molar refractivity (Wildman–Crippen MR) is 269 cm³/mol. The zero-order valence-corrected chi connectivity index (χ0v) is 35.6. The molecule has 65 heavy (non-hydrogen) atoms. The molecule has 0 N–H and O–H groups in total. The molecule has 0 bridgehead atoms. The van der Waals surface area contributed by atoms with Crippen LogP contribution in [0.25, 0.3) is 89.2 Å². The van der Waals surface area contributed by atoms with Crippen LogP contribution in [0.2, 0.25) is 0 Å². The van der Waals surface area contributed by atoms with Crippen LogP contribution in [0, 0.1) is 0 Å². The molecule has 0 radical (unpaired) electrons. The van der Waals surface area contributed by atoms with Gasteiger partial charge in [0.25, 0.3) is 0 Å². The van der Waals surface area contributed by atoms with E-state index in [4.69, 9.17) is 9.97 Å². The summed E-state index contributed by atoms with van der Waals surface area (Å²) in [4.78, 5) is 10.5. The van der Waals surface area contributed by atoms with Gasteiger partial charge in [-0.2, -0.15) is 0 Å². The molecule has 1 aromatic heterocycles. The SMILES string of the molecule is c1ccc(-c2ccc(-c3cc(-c4ccc(-c5ccccc5)cc4)nc(-c4ccc(-c5cc6ccccc6c6c5-c5ccccc5C6(c5ccccc5)c5ccccc5)cc4)n3)cc2)cc1. The minimum absolute atomic E-state index is 0.521. The van der Waals surface area contributed by atoms with Gasteiger partial charge in [0.2, 0.25) is 0 Å². The Morgan fingerprint density at radius 2 is 0.708 bits per heavy atom. The largest absolute Gasteiger partial charge is 0.228 e. The first-order valence-electron chi connectivity index (χ1n) is 22.3. The van der Waals surface area contributed by atoms with Crippen LogP contribution in [0.15, 0.2) is 255 Å². The van der Waals surface area contributed by atoms with E-state index in [1.165, 1.54) is 72.0 Å². The van der Waals surface area contributed by atoms with Crippen molar-refractivity contribution in [1.29, 1.82) is 0 Å². The minimum atomic E-state index is -0.521. The zero-order valence-electron chi connectivity index (χ0n) is 35.6. The van der Waals surface area contributed by atoms with Crippen LogP contribution in [-0.2, 0) is 5.41 Å². The fourth-order valence-electron chi connectivity index (χ4n) is 10.1. The molecular formula is C63H42N2. The lowest BCUT2D eigenvalue weighted by molar-refractivity contribution is 0.775. The van der Waals surface area contributed by atoms with Crippen LogP contribution in [0.1, 0.15) is 22.3 Å². The molecule has 1 heterocycles. The van der Waals surface area contributed by atoms with E-state index in [9.17, 15) is 0 Å². The molecule has 0 atom stereocenters. The van der Waals surface area contributed by atoms with Crippen LogP contribution >= 0.6 is 0 Å². The van der Waals surface area contributed by atoms with Gasteiger partial charge in [-0.3, -0.25) is 0 Å². The highest BCUT2D eigenvalue weighted by Gasteiger charge is 2.48. The van der Waals surface area contributed by atoms with Gasteiger partial charge >= 0.3 is 0 Å². The summed E-state index contributed by atoms with van der Waals surface area (Å²) in [7, 11) is 0. The molecule has 0 unspecified atom stereocenters. The van der Waals surface area contributed by atoms with Crippen LogP contribution in [0.4, 0.5) is 0 Å². The maximum absolute atomic E-state index is 5.27. The fraction of sp³-hybridized carbons (Fsp3) is 0.0159. The summed E-state index contributed by atoms with van der Waals surface area (Å²) in [6, 6.07) is 91.9. The number of nitrogens with zero attached hydrogens (tertiary/aromatic N) is 2. The number of hydrogen-bond donors (Lipinski definition) is 0. The van der Waals surface area contributed by atoms with Gasteiger partial charge in [0, 0.05) is 16.7 Å². The summed E-state index contributed by atoms with van der Waals surface area (Å²) in [5.41, 5.74) is 19.0. The fourth-order valence-corrected chi connectivity index (χ4v) is 10.1. The van der Waals surface area contributed by atoms with E-state index in [1.54, 1.807) is 0 Å². The molecule has 304 valence electrons. The standard InChI is InChI=1S/C63H42N2/c1-5-17-43(18-6-1)45-29-35-48(36-30-45)58-42-59(49-37-31-46(32-38-49)44-19-7-2-8-20-44)65-62(64-58)50-39-33-47(34-40-50)56-41-51-21-13-14-26-54(51)61-60(56)55-27-15-16-28-57(55)63(61,52-22-9-3-10-23-52)53-24-11-4-12-25-53/h1-42H. The Hall–Kier alpha value is -8.46. The lowest BCUT2D eigenvalue weighted by Crippen LogP contribution is -2.28. The maximum atomic E-state index is 5.27. The summed E-state index contributed by atoms with van der Waals surface area (Å²) in [6.45, 7) is 0. The van der Waals surface area contributed by atoms with Gasteiger partial charge in [-0.05, 0) is 89.7 Å². The molecule has 1 aliphatic carbocycles. The molecule has 0 fully saturated rings. The molecule has 0 saturated carbocycles. The lowest BCUT2D eigenvalue weighted by atomic mass is 9.66. The highest BCUT2D eigenvalue weighted by Crippen LogP contribution is 2.60. The summed E-state index contributed by atoms with van der Waals surface area (Å²) in [5.74, 6) is 0.685. The van der Waals surface area contributed by atoms with Crippen molar-refractivity contribution < 1.29 is 0 Å². The van der Waals surface area contributed by atoms with Crippen LogP contribution in [0.3, 0.4) is 0 Å². The summed E-state index contributed by atoms with van der Waals surface area (Å²) in [5, 5.41) is 2.48. The van der Waals surface area contributed by atoms with Crippen LogP contribution in [0.5, 0.6) is 0 Å². The third-order valence-electron chi connectivity index (χ3n) is 13.2. The van der Waals surface area contributed by atoms with Crippen molar-refractivity contribution in [2.45, 2.75) is 5.41 Å². The monoisotopic (exact) mass is 826 g/mol. The summed E-state index contributed by atoms with van der Waals surface area (Å²) < 4.78 is 0. The highest BCUT2D eigenvalue weighted by molar-refractivity contribution is 6.06. The second-order valence-corrected chi connectivity index (χ2v) is 16.8. The van der Waals surface area contributed by atoms with Crippen molar-refractivity contribution in [2.75, 3.05) is 0 Å². The molecule has 11 aromatic rings. The average molecular weight is 827 g/mol. The lowest BCUT2D eigenvalue weighted by Gasteiger charge is -2.35. The van der Waals surface area contributed by atoms with Crippen molar-refractivity contribution in [1.82, 2.24) is 9.97 Å². The molecule has 0 amide bonds. The first-order valence-corrected chi connectivity index (χ1v) is 22.3. The van der Waals surface area contributed by atoms with Crippen molar-refractivity contribution in [3.05, 3.63) is 277 Å². The molecule has 12 rings (SSSR count). The number of rotatable bonds is 8. The van der Waals surface area contributed by atoms with Crippen LogP contribution in [-0.4, -0.2) is 9.97 Å². The Morgan fingerprint density at radius 1 is 0.292 bits per heavy atom. The van der Waals surface area contributed by atoms with Gasteiger partial charge in [-0.1, -0.05) is 243 Å². The number of aromatic nitrogens is 2. The predicted octanol–water partition coefficient (Wildman–Crippen LogP) is 16.0. The van der Waals surface area contributed by atoms with E-state index in [1.807, 2.05) is 0 Å². The van der Waals surface area contributed by atoms with Gasteiger partial charge in [0.1, 0.15) is 0 Å². The van der Waals surface area contributed by atoms with E-state index in [-0.39, 0.29) is 0 Å². The summed E-state index contributed by atoms with van der Waals surface area (Å²) >= 11 is 0. The highest BCUT2D eigenvalue weighted by atomic mass is 14.9. The third kappa shape index (κ3) is 6.58. The van der Waals surface area contributed by atoms with E-state index in [0.29, 0.717) is 5.82 Å². The quantitative estimate of drug-likeness (QED) is 0.152. The van der Waals surface area contributed by atoms with Crippen molar-refractivity contribution in [3.8, 4) is 78.4 Å². The van der Waals surface area contributed by atoms with Crippen molar-refractivity contribution in [2.24, 2.45) is 0 Å². The maximum Gasteiger partial charge on any atom is 0.160 e. The third-order valence-corrected chi connectivity index (χ3v) is 13.2. The van der Waals surface area contributed by atoms with Gasteiger partial charge in [-0.25, -0.2) is 9.97 Å². The molecule has 10 aromatic carbocycles. The second kappa shape index (κ2) is 16.0. The van der Waals surface area contributed by atoms with Gasteiger partial charge in [0.15, 0.2) is 5.82 Å². The number of benzene rings is 10. The Balaban J connectivity index is 1.01. The zero-order chi connectivity index (χ0) is 43.2. The van der Waals surface area contributed by atoms with Crippen molar-refractivity contribution in [3.63, 3.8) is 0 Å². The molecule has 2 heteroatoms. The van der Waals surface area contributed by atoms with Gasteiger partial charge in [0.05, 0.1) is 16.8 Å².